The van der Waals surface area contributed by atoms with E-state index in [0.717, 1.165) is 22.5 Å². The van der Waals surface area contributed by atoms with Gasteiger partial charge in [0, 0.05) is 44.4 Å². The Balaban J connectivity index is 2.07. The van der Waals surface area contributed by atoms with Crippen molar-refractivity contribution in [2.75, 3.05) is 0 Å². The van der Waals surface area contributed by atoms with Crippen molar-refractivity contribution in [2.45, 2.75) is 26.7 Å². The lowest BCUT2D eigenvalue weighted by molar-refractivity contribution is -0.117. The van der Waals surface area contributed by atoms with Crippen LogP contribution in [0.4, 0.5) is 0 Å². The molecular formula is C13H18N4O. The van der Waals surface area contributed by atoms with Crippen LogP contribution in [0, 0.1) is 13.8 Å². The molecule has 96 valence electrons. The summed E-state index contributed by atoms with van der Waals surface area (Å²) in [4.78, 5) is 12.0. The van der Waals surface area contributed by atoms with Gasteiger partial charge in [-0.2, -0.15) is 10.2 Å². The van der Waals surface area contributed by atoms with Crippen LogP contribution in [0.1, 0.15) is 22.5 Å². The first-order valence-electron chi connectivity index (χ1n) is 5.95. The Morgan fingerprint density at radius 2 is 2.00 bits per heavy atom. The zero-order chi connectivity index (χ0) is 13.3. The number of hydrogen-bond donors (Lipinski definition) is 0. The molecule has 0 aliphatic carbocycles. The number of aromatic nitrogens is 4. The van der Waals surface area contributed by atoms with E-state index in [4.69, 9.17) is 0 Å². The maximum absolute atomic E-state index is 12.0. The molecule has 0 saturated carbocycles. The highest BCUT2D eigenvalue weighted by molar-refractivity contribution is 5.83. The van der Waals surface area contributed by atoms with Crippen LogP contribution in [-0.2, 0) is 31.7 Å². The van der Waals surface area contributed by atoms with Crippen LogP contribution >= 0.6 is 0 Å². The fourth-order valence-electron chi connectivity index (χ4n) is 2.12. The fourth-order valence-corrected chi connectivity index (χ4v) is 2.12. The van der Waals surface area contributed by atoms with Crippen molar-refractivity contribution in [3.8, 4) is 0 Å². The van der Waals surface area contributed by atoms with Crippen molar-refractivity contribution in [2.24, 2.45) is 14.1 Å². The standard InChI is InChI=1S/C13H18N4O/c1-9-13(10(2)17(4)15-9)6-12(18)5-11-7-14-16(3)8-11/h7-8H,5-6H2,1-4H3. The number of rotatable bonds is 4. The molecule has 0 fully saturated rings. The molecule has 0 saturated heterocycles. The van der Waals surface area contributed by atoms with E-state index in [1.54, 1.807) is 10.9 Å². The van der Waals surface area contributed by atoms with E-state index in [-0.39, 0.29) is 5.78 Å². The summed E-state index contributed by atoms with van der Waals surface area (Å²) in [5, 5.41) is 8.39. The highest BCUT2D eigenvalue weighted by Crippen LogP contribution is 2.14. The summed E-state index contributed by atoms with van der Waals surface area (Å²) in [6, 6.07) is 0. The van der Waals surface area contributed by atoms with Crippen LogP contribution in [0.3, 0.4) is 0 Å². The maximum Gasteiger partial charge on any atom is 0.141 e. The smallest absolute Gasteiger partial charge is 0.141 e. The Morgan fingerprint density at radius 1 is 1.28 bits per heavy atom. The second-order valence-corrected chi connectivity index (χ2v) is 4.69. The largest absolute Gasteiger partial charge is 0.299 e. The van der Waals surface area contributed by atoms with Crippen LogP contribution in [0.2, 0.25) is 0 Å². The molecule has 0 N–H and O–H groups in total. The van der Waals surface area contributed by atoms with Gasteiger partial charge in [-0.3, -0.25) is 14.2 Å². The molecule has 0 spiro atoms. The second kappa shape index (κ2) is 4.76. The third-order valence-corrected chi connectivity index (χ3v) is 3.19. The summed E-state index contributed by atoms with van der Waals surface area (Å²) in [5.74, 6) is 0.196. The molecule has 2 rings (SSSR count). The average Bonchev–Trinajstić information content (AvgIpc) is 2.78. The van der Waals surface area contributed by atoms with Gasteiger partial charge in [0.15, 0.2) is 0 Å². The maximum atomic E-state index is 12.0. The number of aryl methyl sites for hydroxylation is 3. The number of nitrogens with zero attached hydrogens (tertiary/aromatic N) is 4. The zero-order valence-electron chi connectivity index (χ0n) is 11.3. The molecule has 2 aromatic heterocycles. The van der Waals surface area contributed by atoms with Crippen molar-refractivity contribution in [3.05, 3.63) is 34.9 Å². The summed E-state index contributed by atoms with van der Waals surface area (Å²) in [6.07, 6.45) is 4.49. The lowest BCUT2D eigenvalue weighted by Gasteiger charge is -2.01. The molecular weight excluding hydrogens is 228 g/mol. The van der Waals surface area contributed by atoms with Crippen LogP contribution < -0.4 is 0 Å². The van der Waals surface area contributed by atoms with Gasteiger partial charge in [-0.15, -0.1) is 0 Å². The zero-order valence-corrected chi connectivity index (χ0v) is 11.3. The Hall–Kier alpha value is -1.91. The molecule has 0 aromatic carbocycles. The summed E-state index contributed by atoms with van der Waals surface area (Å²) < 4.78 is 3.53. The summed E-state index contributed by atoms with van der Waals surface area (Å²) in [5.41, 5.74) is 4.01. The van der Waals surface area contributed by atoms with E-state index in [1.165, 1.54) is 0 Å². The topological polar surface area (TPSA) is 52.7 Å². The van der Waals surface area contributed by atoms with Crippen LogP contribution in [0.15, 0.2) is 12.4 Å². The van der Waals surface area contributed by atoms with Gasteiger partial charge in [-0.05, 0) is 19.4 Å². The SMILES string of the molecule is Cc1nn(C)c(C)c1CC(=O)Cc1cnn(C)c1. The second-order valence-electron chi connectivity index (χ2n) is 4.69. The minimum absolute atomic E-state index is 0.196. The van der Waals surface area contributed by atoms with Gasteiger partial charge in [-0.25, -0.2) is 0 Å². The predicted octanol–water partition coefficient (Wildman–Crippen LogP) is 1.12. The Morgan fingerprint density at radius 3 is 2.50 bits per heavy atom. The van der Waals surface area contributed by atoms with Gasteiger partial charge < -0.3 is 0 Å². The lowest BCUT2D eigenvalue weighted by Crippen LogP contribution is -2.07. The van der Waals surface area contributed by atoms with E-state index in [1.807, 2.05) is 38.8 Å². The molecule has 0 atom stereocenters. The molecule has 0 bridgehead atoms. The van der Waals surface area contributed by atoms with Gasteiger partial charge >= 0.3 is 0 Å². The number of carbonyl (C=O) groups excluding carboxylic acids is 1. The highest BCUT2D eigenvalue weighted by Gasteiger charge is 2.14. The first-order valence-corrected chi connectivity index (χ1v) is 5.95. The van der Waals surface area contributed by atoms with Crippen molar-refractivity contribution in [1.82, 2.24) is 19.6 Å². The lowest BCUT2D eigenvalue weighted by atomic mass is 10.0. The molecule has 2 heterocycles. The van der Waals surface area contributed by atoms with Crippen LogP contribution in [-0.4, -0.2) is 25.3 Å². The predicted molar refractivity (Wildman–Crippen MR) is 68.3 cm³/mol. The van der Waals surface area contributed by atoms with E-state index in [0.29, 0.717) is 12.8 Å². The minimum atomic E-state index is 0.196. The molecule has 5 heteroatoms. The minimum Gasteiger partial charge on any atom is -0.299 e. The normalized spacial score (nSPS) is 10.9. The van der Waals surface area contributed by atoms with Gasteiger partial charge in [0.25, 0.3) is 0 Å². The molecule has 0 aliphatic heterocycles. The molecule has 0 radical (unpaired) electrons. The number of hydrogen-bond acceptors (Lipinski definition) is 3. The van der Waals surface area contributed by atoms with Crippen molar-refractivity contribution < 1.29 is 4.79 Å². The van der Waals surface area contributed by atoms with Crippen LogP contribution in [0.25, 0.3) is 0 Å². The monoisotopic (exact) mass is 246 g/mol. The van der Waals surface area contributed by atoms with E-state index >= 15 is 0 Å². The quantitative estimate of drug-likeness (QED) is 0.812. The number of Topliss-reactive ketones (excluding diaryl/α,β-unsaturated/α-hetero) is 1. The van der Waals surface area contributed by atoms with Crippen molar-refractivity contribution in [1.29, 1.82) is 0 Å². The van der Waals surface area contributed by atoms with E-state index in [9.17, 15) is 4.79 Å². The molecule has 0 aliphatic rings. The number of ketones is 1. The van der Waals surface area contributed by atoms with Crippen LogP contribution in [0.5, 0.6) is 0 Å². The summed E-state index contributed by atoms with van der Waals surface area (Å²) >= 11 is 0. The Kier molecular flexibility index (Phi) is 3.32. The first kappa shape index (κ1) is 12.5. The molecule has 18 heavy (non-hydrogen) atoms. The third-order valence-electron chi connectivity index (χ3n) is 3.19. The summed E-state index contributed by atoms with van der Waals surface area (Å²) in [6.45, 7) is 3.94. The van der Waals surface area contributed by atoms with Gasteiger partial charge in [-0.1, -0.05) is 0 Å². The van der Waals surface area contributed by atoms with E-state index in [2.05, 4.69) is 10.2 Å². The first-order chi connectivity index (χ1) is 8.47. The Labute approximate surface area is 106 Å². The Bertz CT molecular complexity index is 580. The van der Waals surface area contributed by atoms with Gasteiger partial charge in [0.05, 0.1) is 11.9 Å². The van der Waals surface area contributed by atoms with Gasteiger partial charge in [0.2, 0.25) is 0 Å². The van der Waals surface area contributed by atoms with Gasteiger partial charge in [0.1, 0.15) is 5.78 Å². The fraction of sp³-hybridized carbons (Fsp3) is 0.462. The number of carbonyl (C=O) groups is 1. The van der Waals surface area contributed by atoms with Crippen molar-refractivity contribution >= 4 is 5.78 Å². The van der Waals surface area contributed by atoms with E-state index < -0.39 is 0 Å². The molecule has 2 aromatic rings. The third kappa shape index (κ3) is 2.50. The molecule has 5 nitrogen and oxygen atoms in total. The molecule has 0 amide bonds. The average molecular weight is 246 g/mol. The summed E-state index contributed by atoms with van der Waals surface area (Å²) in [7, 11) is 3.75. The highest BCUT2D eigenvalue weighted by atomic mass is 16.1. The molecule has 0 unspecified atom stereocenters. The van der Waals surface area contributed by atoms with Crippen molar-refractivity contribution in [3.63, 3.8) is 0 Å².